The molecule has 0 aliphatic rings. The second-order valence-corrected chi connectivity index (χ2v) is 29.5. The zero-order valence-electron chi connectivity index (χ0n) is 69.6. The first-order valence-electron chi connectivity index (χ1n) is 41.1. The number of benzene rings is 11. The molecular formula is C106H88N8O17. The lowest BCUT2D eigenvalue weighted by molar-refractivity contribution is 0.0649. The summed E-state index contributed by atoms with van der Waals surface area (Å²) in [5, 5.41) is 31.4. The number of amides is 3. The Hall–Kier alpha value is -17.6. The number of carbonyl (C=O) groups is 4. The van der Waals surface area contributed by atoms with Crippen LogP contribution in [0.2, 0.25) is 0 Å². The molecular weight excluding hydrogens is 1660 g/mol. The number of carboxylic acids is 1. The van der Waals surface area contributed by atoms with Gasteiger partial charge in [0.25, 0.3) is 23.5 Å². The number of nitrogens with one attached hydrogen (secondary N) is 7. The predicted molar refractivity (Wildman–Crippen MR) is 504 cm³/mol. The molecule has 0 unspecified atom stereocenters. The minimum Gasteiger partial charge on any atom is -0.501 e. The Morgan fingerprint density at radius 2 is 0.550 bits per heavy atom. The van der Waals surface area contributed by atoms with Crippen molar-refractivity contribution >= 4 is 67.3 Å². The molecule has 0 fully saturated rings. The van der Waals surface area contributed by atoms with E-state index in [0.29, 0.717) is 6.54 Å². The van der Waals surface area contributed by atoms with Crippen LogP contribution in [-0.2, 0) is 46.0 Å². The van der Waals surface area contributed by atoms with Crippen LogP contribution in [-0.4, -0.2) is 53.8 Å². The van der Waals surface area contributed by atoms with Gasteiger partial charge in [-0.05, 0) is 110 Å². The van der Waals surface area contributed by atoms with Crippen LogP contribution in [0.5, 0.6) is 23.0 Å². The minimum absolute atomic E-state index is 0. The summed E-state index contributed by atoms with van der Waals surface area (Å²) in [5.74, 6) is -5.34. The Bertz CT molecular complexity index is 7000. The third-order valence-corrected chi connectivity index (χ3v) is 20.6. The van der Waals surface area contributed by atoms with Crippen molar-refractivity contribution in [2.45, 2.75) is 53.4 Å². The van der Waals surface area contributed by atoms with Gasteiger partial charge in [-0.25, -0.2) is 4.79 Å². The fourth-order valence-electron chi connectivity index (χ4n) is 13.8. The number of carboxylic acid groups (broad SMARTS) is 1. The van der Waals surface area contributed by atoms with Gasteiger partial charge in [-0.1, -0.05) is 268 Å². The molecule has 19 rings (SSSR count). The number of fused-ring (bicyclic) bond motifs is 4. The van der Waals surface area contributed by atoms with Crippen molar-refractivity contribution in [2.24, 2.45) is 5.73 Å². The molecule has 11 N–H and O–H groups in total. The van der Waals surface area contributed by atoms with Crippen molar-refractivity contribution < 1.29 is 61.3 Å². The average Bonchev–Trinajstić information content (AvgIpc) is 1.70. The monoisotopic (exact) mass is 1740 g/mol. The maximum absolute atomic E-state index is 12.8. The van der Waals surface area contributed by atoms with Crippen molar-refractivity contribution in [3.05, 3.63) is 462 Å². The Balaban J connectivity index is 0.000000135. The summed E-state index contributed by atoms with van der Waals surface area (Å²) < 4.78 is 36.9. The number of H-pyrrole nitrogens is 4. The van der Waals surface area contributed by atoms with E-state index in [1.165, 1.54) is 41.1 Å². The summed E-state index contributed by atoms with van der Waals surface area (Å²) in [5.41, 5.74) is 23.0. The highest BCUT2D eigenvalue weighted by Gasteiger charge is 2.23. The van der Waals surface area contributed by atoms with Gasteiger partial charge in [0.15, 0.2) is 0 Å². The molecule has 0 saturated carbocycles. The van der Waals surface area contributed by atoms with Crippen LogP contribution in [0.15, 0.2) is 396 Å². The molecule has 8 heterocycles. The lowest BCUT2D eigenvalue weighted by Crippen LogP contribution is -2.25. The topological polar surface area (TPSA) is 383 Å². The molecule has 25 heteroatoms. The van der Waals surface area contributed by atoms with E-state index < -0.39 is 62.7 Å². The molecule has 654 valence electrons. The van der Waals surface area contributed by atoms with E-state index in [1.807, 2.05) is 224 Å². The summed E-state index contributed by atoms with van der Waals surface area (Å²) in [6.45, 7) is 1.81. The molecule has 131 heavy (non-hydrogen) atoms. The lowest BCUT2D eigenvalue weighted by Gasteiger charge is -2.10. The van der Waals surface area contributed by atoms with E-state index >= 15 is 0 Å². The summed E-state index contributed by atoms with van der Waals surface area (Å²) in [7, 11) is 0. The largest absolute Gasteiger partial charge is 0.501 e. The number of hydrogen-bond acceptors (Lipinski definition) is 17. The van der Waals surface area contributed by atoms with Crippen LogP contribution in [0, 0.1) is 0 Å². The number of carbonyl (C=O) groups excluding carboxylic acids is 3. The van der Waals surface area contributed by atoms with Crippen molar-refractivity contribution in [1.29, 1.82) is 0 Å². The van der Waals surface area contributed by atoms with Crippen LogP contribution in [0.1, 0.15) is 88.6 Å². The third kappa shape index (κ3) is 23.3. The Morgan fingerprint density at radius 1 is 0.298 bits per heavy atom. The first kappa shape index (κ1) is 89.7. The summed E-state index contributed by atoms with van der Waals surface area (Å²) >= 11 is 0. The minimum atomic E-state index is -1.34. The van der Waals surface area contributed by atoms with Crippen LogP contribution < -0.4 is 57.6 Å². The molecule has 11 aromatic carbocycles. The van der Waals surface area contributed by atoms with Gasteiger partial charge in [0, 0.05) is 117 Å². The van der Waals surface area contributed by atoms with Crippen molar-refractivity contribution in [1.82, 2.24) is 35.9 Å². The third-order valence-electron chi connectivity index (χ3n) is 20.6. The van der Waals surface area contributed by atoms with E-state index in [4.69, 9.17) is 42.7 Å². The van der Waals surface area contributed by atoms with Gasteiger partial charge in [0.1, 0.15) is 19.8 Å². The molecule has 19 aromatic rings. The number of aromatic carboxylic acids is 1. The van der Waals surface area contributed by atoms with Gasteiger partial charge < -0.3 is 83.7 Å². The van der Waals surface area contributed by atoms with Crippen molar-refractivity contribution in [3.63, 3.8) is 0 Å². The van der Waals surface area contributed by atoms with E-state index in [0.717, 1.165) is 136 Å². The zero-order chi connectivity index (χ0) is 90.1. The molecule has 0 saturated heterocycles. The molecule has 0 aliphatic carbocycles. The number of rotatable bonds is 24. The number of para-hydroxylation sites is 4. The maximum Gasteiger partial charge on any atom is 0.375 e. The Kier molecular flexibility index (Phi) is 29.7. The maximum atomic E-state index is 12.8. The molecule has 3 amide bonds. The van der Waals surface area contributed by atoms with E-state index in [1.54, 1.807) is 0 Å². The van der Waals surface area contributed by atoms with Gasteiger partial charge in [0.05, 0.1) is 25.1 Å². The van der Waals surface area contributed by atoms with Crippen LogP contribution in [0.4, 0.5) is 0 Å². The number of nitrogens with two attached hydrogens (primary N) is 1. The van der Waals surface area contributed by atoms with Gasteiger partial charge in [0.2, 0.25) is 62.0 Å². The predicted octanol–water partition coefficient (Wildman–Crippen LogP) is 19.9. The number of aromatic hydroxyl groups is 1. The highest BCUT2D eigenvalue weighted by molar-refractivity contribution is 5.96. The van der Waals surface area contributed by atoms with Crippen LogP contribution >= 0.6 is 0 Å². The molecule has 0 atom stereocenters. The lowest BCUT2D eigenvalue weighted by atomic mass is 10.1. The Labute approximate surface area is 749 Å². The van der Waals surface area contributed by atoms with E-state index in [9.17, 15) is 43.5 Å². The number of aromatic amines is 4. The molecule has 0 spiro atoms. The fourth-order valence-corrected chi connectivity index (χ4v) is 13.8. The highest BCUT2D eigenvalue weighted by atomic mass is 16.5. The molecule has 25 nitrogen and oxygen atoms in total. The summed E-state index contributed by atoms with van der Waals surface area (Å²) in [4.78, 5) is 110. The summed E-state index contributed by atoms with van der Waals surface area (Å²) in [6.07, 6.45) is 4.50. The quantitative estimate of drug-likeness (QED) is 0.0269. The second-order valence-electron chi connectivity index (χ2n) is 29.5. The molecule has 0 bridgehead atoms. The molecule has 8 aromatic heterocycles. The SMILES string of the molecule is C.NCc1ccc(-c2cc3ccccc3[nH]2)cc1.O=C(NCc1ccc(-c2cc3ccccc3[nH]2)cc1)c1occc(=O)c1O.O=C(NCc1ccc(-c2cc3ccccc3[nH]2)cc1)c1occc(=O)c1OCc1ccccc1.O=C(NCc1ccc(-c2cc3ccccc3[nH]2)cc1)c1occc(=O)c1OCc1ccccc1.O=C(O)c1occc(=O)c1OCc1ccccc1. The Morgan fingerprint density at radius 3 is 0.840 bits per heavy atom. The summed E-state index contributed by atoms with van der Waals surface area (Å²) in [6, 6.07) is 106. The van der Waals surface area contributed by atoms with Crippen molar-refractivity contribution in [3.8, 4) is 68.0 Å². The van der Waals surface area contributed by atoms with Crippen molar-refractivity contribution in [2.75, 3.05) is 0 Å². The molecule has 0 radical (unpaired) electrons. The van der Waals surface area contributed by atoms with E-state index in [-0.39, 0.29) is 75.7 Å². The number of aromatic nitrogens is 4. The van der Waals surface area contributed by atoms with Gasteiger partial charge in [-0.3, -0.25) is 33.6 Å². The van der Waals surface area contributed by atoms with Gasteiger partial charge in [-0.15, -0.1) is 0 Å². The number of hydrogen-bond donors (Lipinski definition) is 10. The highest BCUT2D eigenvalue weighted by Crippen LogP contribution is 2.30. The zero-order valence-corrected chi connectivity index (χ0v) is 69.6. The fraction of sp³-hybridized carbons (Fsp3) is 0.0755. The average molecular weight is 1750 g/mol. The first-order valence-corrected chi connectivity index (χ1v) is 41.1. The van der Waals surface area contributed by atoms with E-state index in [2.05, 4.69) is 121 Å². The van der Waals surface area contributed by atoms with Crippen LogP contribution in [0.25, 0.3) is 88.6 Å². The first-order chi connectivity index (χ1) is 63.5. The molecule has 0 aliphatic heterocycles. The normalized spacial score (nSPS) is 10.6. The standard InChI is InChI=1S/2C28H22N2O4.C21H16N2O4.C15H14N2.C13H10O5.CH4/c2*31-25-14-15-33-27(26(25)34-18-20-6-2-1-3-7-20)28(32)29-17-19-10-12-21(13-11-19)24-16-22-8-4-5-9-23(22)30-24;24-18-9-10-27-20(19(18)25)21(26)22-12-13-5-7-14(8-6-13)17-11-15-3-1-2-4-16(15)23-17;16-10-11-5-7-12(8-6-11)15-9-13-3-1-2-4-14(13)17-15;14-10-6-7-17-12(13(15)16)11(10)18-8-9-4-2-1-3-5-9;/h2*1-16,30H,17-18H2,(H,29,32);1-11,23,25H,12H2,(H,22,26);1-9,17H,10,16H2;1-7H,8H2,(H,15,16);1H4. The van der Waals surface area contributed by atoms with Gasteiger partial charge >= 0.3 is 5.97 Å². The van der Waals surface area contributed by atoms with Crippen LogP contribution in [0.3, 0.4) is 0 Å². The smallest absolute Gasteiger partial charge is 0.375 e. The second kappa shape index (κ2) is 43.4. The van der Waals surface area contributed by atoms with Gasteiger partial charge in [-0.2, -0.15) is 0 Å². The number of ether oxygens (including phenoxy) is 3.